The van der Waals surface area contributed by atoms with Gasteiger partial charge < -0.3 is 10.2 Å². The Labute approximate surface area is 167 Å². The zero-order valence-electron chi connectivity index (χ0n) is 16.0. The summed E-state index contributed by atoms with van der Waals surface area (Å²) in [6.07, 6.45) is 5.62. The predicted octanol–water partition coefficient (Wildman–Crippen LogP) is 3.93. The molecule has 1 aliphatic rings. The van der Waals surface area contributed by atoms with Gasteiger partial charge in [-0.2, -0.15) is 5.10 Å². The van der Waals surface area contributed by atoms with Crippen LogP contribution in [0.5, 0.6) is 0 Å². The molecule has 0 saturated carbocycles. The quantitative estimate of drug-likeness (QED) is 0.483. The van der Waals surface area contributed by atoms with Gasteiger partial charge >= 0.3 is 5.69 Å². The van der Waals surface area contributed by atoms with Gasteiger partial charge in [-0.3, -0.25) is 15.2 Å². The molecule has 3 heterocycles. The van der Waals surface area contributed by atoms with Crippen LogP contribution in [0.15, 0.2) is 36.4 Å². The first-order valence-electron chi connectivity index (χ1n) is 9.44. The lowest BCUT2D eigenvalue weighted by atomic mass is 10.2. The Balaban J connectivity index is 1.78. The number of hydrogen-bond donors (Lipinski definition) is 2. The van der Waals surface area contributed by atoms with E-state index in [1.165, 1.54) is 0 Å². The maximum absolute atomic E-state index is 11.9. The van der Waals surface area contributed by atoms with Crippen molar-refractivity contribution in [2.75, 3.05) is 23.3 Å². The van der Waals surface area contributed by atoms with E-state index in [-0.39, 0.29) is 11.5 Å². The third kappa shape index (κ3) is 4.23. The number of benzene rings is 1. The summed E-state index contributed by atoms with van der Waals surface area (Å²) >= 11 is 0. The number of rotatable bonds is 6. The minimum absolute atomic E-state index is 0.131. The molecule has 0 spiro atoms. The molecule has 3 aromatic rings. The highest BCUT2D eigenvalue weighted by molar-refractivity contribution is 5.77. The van der Waals surface area contributed by atoms with Crippen molar-refractivity contribution in [1.82, 2.24) is 20.2 Å². The first kappa shape index (κ1) is 18.6. The summed E-state index contributed by atoms with van der Waals surface area (Å²) in [7, 11) is 0. The molecule has 4 rings (SSSR count). The summed E-state index contributed by atoms with van der Waals surface area (Å²) in [6.45, 7) is 3.33. The van der Waals surface area contributed by atoms with Crippen molar-refractivity contribution in [3.05, 3.63) is 63.6 Å². The van der Waals surface area contributed by atoms with Crippen LogP contribution in [-0.2, 0) is 0 Å². The number of nitro groups is 1. The van der Waals surface area contributed by atoms with Gasteiger partial charge in [0.05, 0.1) is 4.92 Å². The molecule has 0 atom stereocenters. The Kier molecular flexibility index (Phi) is 5.19. The first-order valence-corrected chi connectivity index (χ1v) is 9.44. The molecule has 1 saturated heterocycles. The first-order chi connectivity index (χ1) is 14.1. The molecule has 0 aliphatic carbocycles. The van der Waals surface area contributed by atoms with E-state index in [2.05, 4.69) is 25.5 Å². The second-order valence-electron chi connectivity index (χ2n) is 6.86. The molecular formula is C20H21N7O2. The van der Waals surface area contributed by atoms with Crippen LogP contribution in [0.25, 0.3) is 12.2 Å². The molecule has 2 aromatic heterocycles. The topological polar surface area (TPSA) is 113 Å². The molecule has 9 heteroatoms. The number of hydrogen-bond acceptors (Lipinski definition) is 7. The van der Waals surface area contributed by atoms with Crippen LogP contribution < -0.4 is 10.2 Å². The van der Waals surface area contributed by atoms with E-state index < -0.39 is 4.92 Å². The number of aromatic amines is 1. The van der Waals surface area contributed by atoms with Crippen LogP contribution in [0.2, 0.25) is 0 Å². The zero-order valence-corrected chi connectivity index (χ0v) is 16.0. The van der Waals surface area contributed by atoms with E-state index in [4.69, 9.17) is 0 Å². The molecule has 1 aliphatic heterocycles. The normalized spacial score (nSPS) is 13.9. The Bertz CT molecular complexity index is 1040. The monoisotopic (exact) mass is 391 g/mol. The number of aryl methyl sites for hydroxylation is 1. The summed E-state index contributed by atoms with van der Waals surface area (Å²) in [5, 5.41) is 21.8. The Hall–Kier alpha value is -3.75. The van der Waals surface area contributed by atoms with Crippen molar-refractivity contribution >= 4 is 35.3 Å². The van der Waals surface area contributed by atoms with Crippen molar-refractivity contribution < 1.29 is 4.92 Å². The second kappa shape index (κ2) is 8.09. The van der Waals surface area contributed by atoms with Crippen molar-refractivity contribution in [3.63, 3.8) is 0 Å². The summed E-state index contributed by atoms with van der Waals surface area (Å²) in [5.41, 5.74) is 1.70. The third-order valence-electron chi connectivity index (χ3n) is 4.65. The van der Waals surface area contributed by atoms with Crippen LogP contribution >= 0.6 is 0 Å². The van der Waals surface area contributed by atoms with E-state index in [1.807, 2.05) is 48.2 Å². The number of H-pyrrole nitrogens is 1. The van der Waals surface area contributed by atoms with Gasteiger partial charge in [0.15, 0.2) is 11.6 Å². The van der Waals surface area contributed by atoms with E-state index in [0.717, 1.165) is 37.2 Å². The van der Waals surface area contributed by atoms with Crippen molar-refractivity contribution in [2.45, 2.75) is 19.8 Å². The van der Waals surface area contributed by atoms with Crippen LogP contribution in [0.4, 0.5) is 23.1 Å². The summed E-state index contributed by atoms with van der Waals surface area (Å²) < 4.78 is 0. The van der Waals surface area contributed by atoms with Gasteiger partial charge in [-0.1, -0.05) is 36.4 Å². The van der Waals surface area contributed by atoms with Crippen LogP contribution in [-0.4, -0.2) is 38.2 Å². The second-order valence-corrected chi connectivity index (χ2v) is 6.86. The molecule has 148 valence electrons. The van der Waals surface area contributed by atoms with Gasteiger partial charge in [-0.05, 0) is 31.4 Å². The molecule has 0 amide bonds. The van der Waals surface area contributed by atoms with E-state index in [9.17, 15) is 10.1 Å². The molecular weight excluding hydrogens is 370 g/mol. The fourth-order valence-electron chi connectivity index (χ4n) is 3.28. The van der Waals surface area contributed by atoms with Gasteiger partial charge in [0.25, 0.3) is 0 Å². The average Bonchev–Trinajstić information content (AvgIpc) is 3.38. The molecule has 1 aromatic carbocycles. The standard InChI is InChI=1S/C20H21N7O2/c1-14-13-17(25-24-14)22-19-18(27(28)29)20(26-11-5-6-12-26)23-16(21-19)10-9-15-7-3-2-4-8-15/h2-4,7-10,13H,5-6,11-12H2,1H3,(H2,21,22,23,24,25)/b10-9+. The lowest BCUT2D eigenvalue weighted by Crippen LogP contribution is -2.22. The SMILES string of the molecule is Cc1cc(Nc2nc(/C=C/c3ccccc3)nc(N3CCCC3)c2[N+](=O)[O-])n[nH]1. The molecule has 0 radical (unpaired) electrons. The Morgan fingerprint density at radius 1 is 1.17 bits per heavy atom. The van der Waals surface area contributed by atoms with Crippen LogP contribution in [0, 0.1) is 17.0 Å². The van der Waals surface area contributed by atoms with Crippen LogP contribution in [0.1, 0.15) is 29.9 Å². The number of anilines is 3. The highest BCUT2D eigenvalue weighted by atomic mass is 16.6. The fraction of sp³-hybridized carbons (Fsp3) is 0.250. The van der Waals surface area contributed by atoms with Gasteiger partial charge in [-0.15, -0.1) is 0 Å². The largest absolute Gasteiger partial charge is 0.353 e. The summed E-state index contributed by atoms with van der Waals surface area (Å²) in [5.74, 6) is 1.34. The zero-order chi connectivity index (χ0) is 20.2. The number of nitrogens with zero attached hydrogens (tertiary/aromatic N) is 5. The molecule has 0 bridgehead atoms. The van der Waals surface area contributed by atoms with Gasteiger partial charge in [0.1, 0.15) is 0 Å². The molecule has 0 unspecified atom stereocenters. The molecule has 2 N–H and O–H groups in total. The van der Waals surface area contributed by atoms with Crippen molar-refractivity contribution in [1.29, 1.82) is 0 Å². The lowest BCUT2D eigenvalue weighted by Gasteiger charge is -2.18. The average molecular weight is 391 g/mol. The Morgan fingerprint density at radius 2 is 1.93 bits per heavy atom. The molecule has 1 fully saturated rings. The van der Waals surface area contributed by atoms with Crippen molar-refractivity contribution in [2.24, 2.45) is 0 Å². The van der Waals surface area contributed by atoms with E-state index in [0.29, 0.717) is 17.5 Å². The van der Waals surface area contributed by atoms with Gasteiger partial charge in [-0.25, -0.2) is 9.97 Å². The summed E-state index contributed by atoms with van der Waals surface area (Å²) in [6, 6.07) is 11.5. The molecule has 9 nitrogen and oxygen atoms in total. The fourth-order valence-corrected chi connectivity index (χ4v) is 3.28. The highest BCUT2D eigenvalue weighted by Crippen LogP contribution is 2.36. The van der Waals surface area contributed by atoms with E-state index in [1.54, 1.807) is 12.1 Å². The third-order valence-corrected chi connectivity index (χ3v) is 4.65. The maximum Gasteiger partial charge on any atom is 0.353 e. The maximum atomic E-state index is 11.9. The molecule has 29 heavy (non-hydrogen) atoms. The predicted molar refractivity (Wildman–Crippen MR) is 112 cm³/mol. The lowest BCUT2D eigenvalue weighted by molar-refractivity contribution is -0.383. The minimum atomic E-state index is -0.430. The van der Waals surface area contributed by atoms with Gasteiger partial charge in [0.2, 0.25) is 11.6 Å². The smallest absolute Gasteiger partial charge is 0.351 e. The minimum Gasteiger partial charge on any atom is -0.351 e. The summed E-state index contributed by atoms with van der Waals surface area (Å²) in [4.78, 5) is 22.3. The number of aromatic nitrogens is 4. The van der Waals surface area contributed by atoms with E-state index >= 15 is 0 Å². The highest BCUT2D eigenvalue weighted by Gasteiger charge is 2.30. The van der Waals surface area contributed by atoms with Gasteiger partial charge in [0, 0.05) is 24.8 Å². The van der Waals surface area contributed by atoms with Crippen molar-refractivity contribution in [3.8, 4) is 0 Å². The Morgan fingerprint density at radius 3 is 2.59 bits per heavy atom. The number of nitrogens with one attached hydrogen (secondary N) is 2. The van der Waals surface area contributed by atoms with Crippen LogP contribution in [0.3, 0.4) is 0 Å².